The van der Waals surface area contributed by atoms with Crippen LogP contribution in [0.4, 0.5) is 0 Å². The summed E-state index contributed by atoms with van der Waals surface area (Å²) in [5, 5.41) is 0. The standard InChI is InChI=1S/C18H48O4Si5/c1-13-26(11,20-24(7,8)9)22-27(12,14-2)21-25(10,17-15-16-19-3)18-23(4,5)6/h13-18H2,1-12H3. The molecular formula is C18H48O4Si5. The fraction of sp³-hybridized carbons (Fsp3) is 1.00. The second kappa shape index (κ2) is 10.8. The van der Waals surface area contributed by atoms with E-state index in [1.54, 1.807) is 7.11 Å². The molecule has 0 rings (SSSR count). The maximum absolute atomic E-state index is 7.11. The van der Waals surface area contributed by atoms with Gasteiger partial charge in [0, 0.05) is 21.8 Å². The van der Waals surface area contributed by atoms with E-state index in [-0.39, 0.29) is 0 Å². The van der Waals surface area contributed by atoms with Crippen molar-refractivity contribution >= 4 is 41.8 Å². The predicted molar refractivity (Wildman–Crippen MR) is 132 cm³/mol. The highest BCUT2D eigenvalue weighted by Crippen LogP contribution is 2.33. The van der Waals surface area contributed by atoms with Crippen LogP contribution in [0, 0.1) is 0 Å². The molecule has 3 atom stereocenters. The van der Waals surface area contributed by atoms with Gasteiger partial charge in [-0.25, -0.2) is 0 Å². The van der Waals surface area contributed by atoms with Crippen LogP contribution >= 0.6 is 0 Å². The van der Waals surface area contributed by atoms with Crippen molar-refractivity contribution in [2.45, 2.75) is 103 Å². The molecule has 0 aromatic carbocycles. The van der Waals surface area contributed by atoms with Gasteiger partial charge in [-0.15, -0.1) is 0 Å². The molecule has 27 heavy (non-hydrogen) atoms. The molecule has 0 aliphatic rings. The molecule has 0 radical (unpaired) electrons. The van der Waals surface area contributed by atoms with Crippen LogP contribution in [0.2, 0.25) is 82.7 Å². The topological polar surface area (TPSA) is 36.9 Å². The van der Waals surface area contributed by atoms with Gasteiger partial charge in [0.25, 0.3) is 0 Å². The van der Waals surface area contributed by atoms with E-state index in [2.05, 4.69) is 72.8 Å². The lowest BCUT2D eigenvalue weighted by atomic mass is 10.5. The van der Waals surface area contributed by atoms with E-state index in [1.807, 2.05) is 0 Å². The molecule has 0 spiro atoms. The molecule has 4 nitrogen and oxygen atoms in total. The van der Waals surface area contributed by atoms with Crippen molar-refractivity contribution in [2.24, 2.45) is 0 Å². The molecule has 0 aliphatic heterocycles. The van der Waals surface area contributed by atoms with Crippen LogP contribution < -0.4 is 0 Å². The van der Waals surface area contributed by atoms with Crippen LogP contribution in [0.1, 0.15) is 20.3 Å². The van der Waals surface area contributed by atoms with Crippen molar-refractivity contribution < 1.29 is 17.1 Å². The maximum Gasteiger partial charge on any atom is 0.315 e. The zero-order valence-corrected chi connectivity index (χ0v) is 25.4. The van der Waals surface area contributed by atoms with Crippen molar-refractivity contribution in [3.05, 3.63) is 0 Å². The maximum atomic E-state index is 7.11. The summed E-state index contributed by atoms with van der Waals surface area (Å²) in [5.41, 5.74) is 1.29. The molecular weight excluding hydrogens is 421 g/mol. The minimum Gasteiger partial charge on any atom is -0.437 e. The van der Waals surface area contributed by atoms with Gasteiger partial charge in [0.15, 0.2) is 16.6 Å². The van der Waals surface area contributed by atoms with E-state index >= 15 is 0 Å². The molecule has 0 aliphatic carbocycles. The molecule has 0 saturated carbocycles. The highest BCUT2D eigenvalue weighted by atomic mass is 28.5. The Kier molecular flexibility index (Phi) is 11.2. The molecule has 9 heteroatoms. The number of ether oxygens (including phenoxy) is 1. The Morgan fingerprint density at radius 2 is 1.15 bits per heavy atom. The van der Waals surface area contributed by atoms with E-state index < -0.39 is 41.8 Å². The SMILES string of the molecule is CC[Si](C)(O[Si](C)(C)C)O[Si](C)(CC)O[Si](C)(CCCOC)C[Si](C)(C)C. The van der Waals surface area contributed by atoms with Crippen molar-refractivity contribution in [1.82, 2.24) is 0 Å². The normalized spacial score (nSPS) is 20.0. The van der Waals surface area contributed by atoms with Crippen LogP contribution in [-0.4, -0.2) is 55.5 Å². The van der Waals surface area contributed by atoms with Crippen molar-refractivity contribution in [2.75, 3.05) is 13.7 Å². The smallest absolute Gasteiger partial charge is 0.315 e. The lowest BCUT2D eigenvalue weighted by Gasteiger charge is -2.45. The molecule has 164 valence electrons. The molecule has 0 fully saturated rings. The number of hydrogen-bond acceptors (Lipinski definition) is 4. The van der Waals surface area contributed by atoms with Crippen LogP contribution in [0.5, 0.6) is 0 Å². The van der Waals surface area contributed by atoms with Gasteiger partial charge >= 0.3 is 17.1 Å². The van der Waals surface area contributed by atoms with Gasteiger partial charge in [-0.1, -0.05) is 33.5 Å². The van der Waals surface area contributed by atoms with Crippen molar-refractivity contribution in [3.63, 3.8) is 0 Å². The van der Waals surface area contributed by atoms with Gasteiger partial charge in [0.1, 0.15) is 0 Å². The molecule has 3 unspecified atom stereocenters. The minimum absolute atomic E-state index is 0.822. The van der Waals surface area contributed by atoms with Crippen LogP contribution in [0.15, 0.2) is 0 Å². The zero-order valence-electron chi connectivity index (χ0n) is 20.4. The monoisotopic (exact) mass is 468 g/mol. The third kappa shape index (κ3) is 12.3. The van der Waals surface area contributed by atoms with E-state index in [4.69, 9.17) is 17.1 Å². The first-order valence-corrected chi connectivity index (χ1v) is 25.6. The molecule has 0 aromatic heterocycles. The second-order valence-corrected chi connectivity index (χ2v) is 33.2. The fourth-order valence-corrected chi connectivity index (χ4v) is 32.2. The highest BCUT2D eigenvalue weighted by Gasteiger charge is 2.47. The summed E-state index contributed by atoms with van der Waals surface area (Å²) in [7, 11) is -7.41. The number of hydrogen-bond donors (Lipinski definition) is 0. The summed E-state index contributed by atoms with van der Waals surface area (Å²) in [6.45, 7) is 26.4. The zero-order chi connectivity index (χ0) is 21.6. The minimum atomic E-state index is -2.27. The fourth-order valence-electron chi connectivity index (χ4n) is 3.84. The summed E-state index contributed by atoms with van der Waals surface area (Å²) in [6.07, 6.45) is 1.09. The predicted octanol–water partition coefficient (Wildman–Crippen LogP) is 6.54. The van der Waals surface area contributed by atoms with E-state index in [1.165, 1.54) is 5.67 Å². The van der Waals surface area contributed by atoms with Crippen LogP contribution in [-0.2, 0) is 17.1 Å². The highest BCUT2D eigenvalue weighted by molar-refractivity contribution is 6.96. The van der Waals surface area contributed by atoms with Crippen LogP contribution in [0.3, 0.4) is 0 Å². The first-order valence-electron chi connectivity index (χ1n) is 10.6. The molecule has 0 bridgehead atoms. The summed E-state index contributed by atoms with van der Waals surface area (Å²) in [4.78, 5) is 0. The summed E-state index contributed by atoms with van der Waals surface area (Å²) in [6, 6.07) is 3.14. The van der Waals surface area contributed by atoms with E-state index in [0.717, 1.165) is 31.2 Å². The third-order valence-corrected chi connectivity index (χ3v) is 27.2. The number of methoxy groups -OCH3 is 1. The Balaban J connectivity index is 5.51. The summed E-state index contributed by atoms with van der Waals surface area (Å²) < 4.78 is 25.9. The van der Waals surface area contributed by atoms with Gasteiger partial charge in [-0.3, -0.25) is 0 Å². The second-order valence-electron chi connectivity index (χ2n) is 10.7. The Morgan fingerprint density at radius 3 is 1.52 bits per heavy atom. The van der Waals surface area contributed by atoms with Gasteiger partial charge in [0.05, 0.1) is 0 Å². The van der Waals surface area contributed by atoms with E-state index in [9.17, 15) is 0 Å². The van der Waals surface area contributed by atoms with Gasteiger partial charge in [-0.05, 0) is 69.5 Å². The third-order valence-electron chi connectivity index (χ3n) is 4.66. The molecule has 0 aromatic rings. The Bertz CT molecular complexity index is 440. The molecule has 0 N–H and O–H groups in total. The first-order chi connectivity index (χ1) is 12.0. The molecule has 0 amide bonds. The van der Waals surface area contributed by atoms with Gasteiger partial charge < -0.3 is 17.1 Å². The lowest BCUT2D eigenvalue weighted by Crippen LogP contribution is -2.59. The van der Waals surface area contributed by atoms with E-state index in [0.29, 0.717) is 0 Å². The molecule has 0 heterocycles. The summed E-state index contributed by atoms with van der Waals surface area (Å²) in [5.74, 6) is 0. The van der Waals surface area contributed by atoms with Gasteiger partial charge in [-0.2, -0.15) is 0 Å². The summed E-state index contributed by atoms with van der Waals surface area (Å²) >= 11 is 0. The van der Waals surface area contributed by atoms with Crippen molar-refractivity contribution in [1.29, 1.82) is 0 Å². The quantitative estimate of drug-likeness (QED) is 0.214. The average Bonchev–Trinajstić information content (AvgIpc) is 2.43. The largest absolute Gasteiger partial charge is 0.437 e. The van der Waals surface area contributed by atoms with Crippen molar-refractivity contribution in [3.8, 4) is 0 Å². The molecule has 0 saturated heterocycles. The Labute approximate surface area is 175 Å². The first kappa shape index (κ1) is 27.9. The Morgan fingerprint density at radius 1 is 0.667 bits per heavy atom. The lowest BCUT2D eigenvalue weighted by molar-refractivity contribution is 0.197. The number of rotatable bonds is 14. The average molecular weight is 469 g/mol. The van der Waals surface area contributed by atoms with Gasteiger partial charge in [0.2, 0.25) is 0 Å². The Hall–Kier alpha value is 0.924. The van der Waals surface area contributed by atoms with Crippen LogP contribution in [0.25, 0.3) is 0 Å².